The molecule has 0 unspecified atom stereocenters. The van der Waals surface area contributed by atoms with Crippen molar-refractivity contribution in [1.29, 1.82) is 0 Å². The summed E-state index contributed by atoms with van der Waals surface area (Å²) in [6.45, 7) is 1.80. The van der Waals surface area contributed by atoms with E-state index in [9.17, 15) is 4.79 Å². The number of hydrogen-bond acceptors (Lipinski definition) is 6. The minimum atomic E-state index is -0.191. The van der Waals surface area contributed by atoms with E-state index in [4.69, 9.17) is 4.74 Å². The Bertz CT molecular complexity index is 1120. The maximum Gasteiger partial charge on any atom is 0.248 e. The number of aromatic nitrogens is 4. The van der Waals surface area contributed by atoms with Gasteiger partial charge in [-0.15, -0.1) is 11.3 Å². The Morgan fingerprint density at radius 2 is 2.07 bits per heavy atom. The van der Waals surface area contributed by atoms with Gasteiger partial charge < -0.3 is 10.1 Å². The second kappa shape index (κ2) is 8.49. The van der Waals surface area contributed by atoms with E-state index in [-0.39, 0.29) is 5.91 Å². The first kappa shape index (κ1) is 18.6. The molecule has 1 amide bonds. The molecule has 0 saturated heterocycles. The van der Waals surface area contributed by atoms with Crippen LogP contribution in [0.25, 0.3) is 11.9 Å². The van der Waals surface area contributed by atoms with E-state index in [2.05, 4.69) is 20.3 Å². The largest absolute Gasteiger partial charge is 0.439 e. The molecule has 4 aromatic rings. The van der Waals surface area contributed by atoms with Crippen LogP contribution in [0.15, 0.2) is 72.6 Å². The van der Waals surface area contributed by atoms with Gasteiger partial charge in [-0.2, -0.15) is 4.98 Å². The summed E-state index contributed by atoms with van der Waals surface area (Å²) in [5.74, 6) is 2.10. The van der Waals surface area contributed by atoms with Gasteiger partial charge in [-0.25, -0.2) is 9.97 Å². The Labute approximate surface area is 171 Å². The zero-order valence-electron chi connectivity index (χ0n) is 15.5. The standard InChI is InChI=1S/C21H17N5O2S/c1-15-23-19(26-11-10-22-14-26)13-21(24-15)28-17-6-4-16(5-7-17)25-20(27)9-8-18-3-2-12-29-18/h2-14H,1H3,(H,25,27)/b9-8+. The molecule has 0 spiro atoms. The van der Waals surface area contributed by atoms with Crippen molar-refractivity contribution in [2.75, 3.05) is 5.32 Å². The summed E-state index contributed by atoms with van der Waals surface area (Å²) < 4.78 is 7.63. The molecule has 144 valence electrons. The van der Waals surface area contributed by atoms with E-state index in [1.165, 1.54) is 6.08 Å². The maximum absolute atomic E-state index is 12.0. The molecule has 0 aliphatic rings. The van der Waals surface area contributed by atoms with E-state index in [0.29, 0.717) is 29.0 Å². The van der Waals surface area contributed by atoms with Gasteiger partial charge in [0.2, 0.25) is 11.8 Å². The van der Waals surface area contributed by atoms with E-state index in [1.54, 1.807) is 78.0 Å². The maximum atomic E-state index is 12.0. The molecule has 0 bridgehead atoms. The third-order valence-electron chi connectivity index (χ3n) is 3.86. The summed E-state index contributed by atoms with van der Waals surface area (Å²) in [6, 6.07) is 12.7. The summed E-state index contributed by atoms with van der Waals surface area (Å²) in [5, 5.41) is 4.79. The number of nitrogens with one attached hydrogen (secondary N) is 1. The number of carbonyl (C=O) groups is 1. The second-order valence-electron chi connectivity index (χ2n) is 6.05. The number of thiophene rings is 1. The summed E-state index contributed by atoms with van der Waals surface area (Å²) in [4.78, 5) is 25.8. The molecule has 7 nitrogen and oxygen atoms in total. The fraction of sp³-hybridized carbons (Fsp3) is 0.0476. The van der Waals surface area contributed by atoms with Crippen LogP contribution in [0, 0.1) is 6.92 Å². The molecule has 0 aliphatic heterocycles. The number of ether oxygens (including phenoxy) is 1. The van der Waals surface area contributed by atoms with Gasteiger partial charge in [0, 0.05) is 35.1 Å². The number of carbonyl (C=O) groups excluding carboxylic acids is 1. The number of nitrogens with zero attached hydrogens (tertiary/aromatic N) is 4. The van der Waals surface area contributed by atoms with Gasteiger partial charge in [0.15, 0.2) is 0 Å². The lowest BCUT2D eigenvalue weighted by atomic mass is 10.3. The minimum Gasteiger partial charge on any atom is -0.439 e. The zero-order chi connectivity index (χ0) is 20.1. The van der Waals surface area contributed by atoms with Crippen LogP contribution in [0.2, 0.25) is 0 Å². The smallest absolute Gasteiger partial charge is 0.248 e. The summed E-state index contributed by atoms with van der Waals surface area (Å²) >= 11 is 1.58. The van der Waals surface area contributed by atoms with Crippen LogP contribution in [0.1, 0.15) is 10.7 Å². The van der Waals surface area contributed by atoms with Gasteiger partial charge >= 0.3 is 0 Å². The van der Waals surface area contributed by atoms with E-state index in [0.717, 1.165) is 4.88 Å². The molecule has 1 N–H and O–H groups in total. The molecular weight excluding hydrogens is 386 g/mol. The van der Waals surface area contributed by atoms with E-state index >= 15 is 0 Å². The van der Waals surface area contributed by atoms with Crippen molar-refractivity contribution in [2.24, 2.45) is 0 Å². The highest BCUT2D eigenvalue weighted by Gasteiger charge is 2.06. The number of hydrogen-bond donors (Lipinski definition) is 1. The van der Waals surface area contributed by atoms with Crippen molar-refractivity contribution in [1.82, 2.24) is 19.5 Å². The quantitative estimate of drug-likeness (QED) is 0.480. The van der Waals surface area contributed by atoms with E-state index < -0.39 is 0 Å². The van der Waals surface area contributed by atoms with Crippen LogP contribution < -0.4 is 10.1 Å². The molecule has 4 rings (SSSR count). The summed E-state index contributed by atoms with van der Waals surface area (Å²) in [5.41, 5.74) is 0.677. The Balaban J connectivity index is 1.41. The average molecular weight is 403 g/mol. The van der Waals surface area contributed by atoms with Crippen molar-refractivity contribution >= 4 is 29.0 Å². The first-order chi connectivity index (χ1) is 14.2. The Morgan fingerprint density at radius 1 is 1.21 bits per heavy atom. The molecule has 0 saturated carbocycles. The molecule has 0 fully saturated rings. The number of anilines is 1. The third kappa shape index (κ3) is 4.94. The molecule has 29 heavy (non-hydrogen) atoms. The molecule has 8 heteroatoms. The zero-order valence-corrected chi connectivity index (χ0v) is 16.3. The minimum absolute atomic E-state index is 0.191. The van der Waals surface area contributed by atoms with Crippen molar-refractivity contribution < 1.29 is 9.53 Å². The SMILES string of the molecule is Cc1nc(Oc2ccc(NC(=O)/C=C/c3cccs3)cc2)cc(-n2ccnc2)n1. The number of benzene rings is 1. The number of rotatable bonds is 6. The summed E-state index contributed by atoms with van der Waals surface area (Å²) in [6.07, 6.45) is 8.44. The first-order valence-electron chi connectivity index (χ1n) is 8.80. The predicted molar refractivity (Wildman–Crippen MR) is 112 cm³/mol. The highest BCUT2D eigenvalue weighted by atomic mass is 32.1. The molecule has 0 atom stereocenters. The Morgan fingerprint density at radius 3 is 2.79 bits per heavy atom. The topological polar surface area (TPSA) is 81.9 Å². The van der Waals surface area contributed by atoms with Crippen LogP contribution in [-0.4, -0.2) is 25.4 Å². The molecule has 1 aromatic carbocycles. The van der Waals surface area contributed by atoms with Gasteiger partial charge in [0.25, 0.3) is 0 Å². The number of imidazole rings is 1. The number of aryl methyl sites for hydroxylation is 1. The Kier molecular flexibility index (Phi) is 5.44. The molecule has 3 heterocycles. The van der Waals surface area contributed by atoms with Crippen molar-refractivity contribution in [3.05, 3.63) is 83.3 Å². The molecule has 0 aliphatic carbocycles. The van der Waals surface area contributed by atoms with Crippen molar-refractivity contribution in [2.45, 2.75) is 6.92 Å². The first-order valence-corrected chi connectivity index (χ1v) is 9.68. The van der Waals surface area contributed by atoms with Gasteiger partial charge in [-0.3, -0.25) is 9.36 Å². The fourth-order valence-corrected chi connectivity index (χ4v) is 3.18. The molecular formula is C21H17N5O2S. The van der Waals surface area contributed by atoms with Crippen LogP contribution >= 0.6 is 11.3 Å². The highest BCUT2D eigenvalue weighted by Crippen LogP contribution is 2.23. The highest BCUT2D eigenvalue weighted by molar-refractivity contribution is 7.10. The Hall–Kier alpha value is -3.78. The monoisotopic (exact) mass is 403 g/mol. The van der Waals surface area contributed by atoms with Crippen LogP contribution in [0.3, 0.4) is 0 Å². The average Bonchev–Trinajstić information content (AvgIpc) is 3.42. The fourth-order valence-electron chi connectivity index (χ4n) is 2.56. The van der Waals surface area contributed by atoms with Gasteiger partial charge in [-0.1, -0.05) is 6.07 Å². The predicted octanol–water partition coefficient (Wildman–Crippen LogP) is 4.48. The van der Waals surface area contributed by atoms with Gasteiger partial charge in [0.1, 0.15) is 23.7 Å². The van der Waals surface area contributed by atoms with Crippen molar-refractivity contribution in [3.63, 3.8) is 0 Å². The molecule has 0 radical (unpaired) electrons. The van der Waals surface area contributed by atoms with Gasteiger partial charge in [-0.05, 0) is 48.7 Å². The second-order valence-corrected chi connectivity index (χ2v) is 7.03. The normalized spacial score (nSPS) is 10.9. The lowest BCUT2D eigenvalue weighted by Crippen LogP contribution is -2.07. The third-order valence-corrected chi connectivity index (χ3v) is 4.69. The lowest BCUT2D eigenvalue weighted by Gasteiger charge is -2.09. The summed E-state index contributed by atoms with van der Waals surface area (Å²) in [7, 11) is 0. The van der Waals surface area contributed by atoms with E-state index in [1.807, 2.05) is 17.5 Å². The number of amides is 1. The van der Waals surface area contributed by atoms with Gasteiger partial charge in [0.05, 0.1) is 0 Å². The van der Waals surface area contributed by atoms with Crippen molar-refractivity contribution in [3.8, 4) is 17.4 Å². The molecule has 3 aromatic heterocycles. The van der Waals surface area contributed by atoms with Crippen LogP contribution in [-0.2, 0) is 4.79 Å². The van der Waals surface area contributed by atoms with Crippen LogP contribution in [0.5, 0.6) is 11.6 Å². The lowest BCUT2D eigenvalue weighted by molar-refractivity contribution is -0.111. The van der Waals surface area contributed by atoms with Crippen LogP contribution in [0.4, 0.5) is 5.69 Å².